The highest BCUT2D eigenvalue weighted by molar-refractivity contribution is 5.94. The van der Waals surface area contributed by atoms with Gasteiger partial charge in [-0.2, -0.15) is 0 Å². The van der Waals surface area contributed by atoms with Gasteiger partial charge in [-0.1, -0.05) is 13.8 Å². The molecule has 0 aliphatic carbocycles. The van der Waals surface area contributed by atoms with Crippen LogP contribution < -0.4 is 4.74 Å². The largest absolute Gasteiger partial charge is 0.497 e. The molecule has 0 saturated heterocycles. The molecule has 0 bridgehead atoms. The molecular weight excluding hydrogens is 220 g/mol. The van der Waals surface area contributed by atoms with Gasteiger partial charge in [0, 0.05) is 12.2 Å². The number of benzene rings is 1. The molecule has 0 aromatic heterocycles. The number of cyclic esters (lactones) is 1. The Hall–Kier alpha value is -1.55. The summed E-state index contributed by atoms with van der Waals surface area (Å²) in [6, 6.07) is 5.24. The lowest BCUT2D eigenvalue weighted by Gasteiger charge is -2.09. The molecule has 94 valence electrons. The zero-order valence-corrected chi connectivity index (χ0v) is 10.6. The van der Waals surface area contributed by atoms with Crippen LogP contribution in [0.15, 0.2) is 18.2 Å². The van der Waals surface area contributed by atoms with Crippen molar-refractivity contribution in [2.24, 2.45) is 0 Å². The average Bonchev–Trinajstić information content (AvgIpc) is 2.69. The van der Waals surface area contributed by atoms with Gasteiger partial charge in [0.1, 0.15) is 5.75 Å². The van der Waals surface area contributed by atoms with Crippen LogP contribution in [0.4, 0.5) is 0 Å². The third kappa shape index (κ3) is 2.77. The standard InChI is InChI=1S/C11H12O4.C2H6/c1-3-14-11-8-5-4-7(13-2)6-9(8)10(12)15-11;1-2/h4-6,11H,3H2,1-2H3;1-2H3. The van der Waals surface area contributed by atoms with Gasteiger partial charge in [0.25, 0.3) is 0 Å². The number of ether oxygens (including phenoxy) is 3. The molecule has 1 atom stereocenters. The fourth-order valence-electron chi connectivity index (χ4n) is 1.54. The SMILES string of the molecule is CC.CCOC1OC(=O)c2cc(OC)ccc21. The minimum Gasteiger partial charge on any atom is -0.497 e. The number of methoxy groups -OCH3 is 1. The predicted octanol–water partition coefficient (Wildman–Crippen LogP) is 2.93. The minimum atomic E-state index is -0.566. The number of hydrogen-bond donors (Lipinski definition) is 0. The molecule has 0 saturated carbocycles. The molecule has 0 fully saturated rings. The third-order valence-corrected chi connectivity index (χ3v) is 2.27. The van der Waals surface area contributed by atoms with E-state index in [-0.39, 0.29) is 5.97 Å². The molecular formula is C13H18O4. The lowest BCUT2D eigenvalue weighted by molar-refractivity contribution is -0.0993. The van der Waals surface area contributed by atoms with E-state index in [2.05, 4.69) is 0 Å². The Morgan fingerprint density at radius 1 is 1.35 bits per heavy atom. The molecule has 1 aliphatic rings. The van der Waals surface area contributed by atoms with E-state index in [4.69, 9.17) is 14.2 Å². The van der Waals surface area contributed by atoms with Crippen molar-refractivity contribution in [2.45, 2.75) is 27.1 Å². The van der Waals surface area contributed by atoms with Crippen molar-refractivity contribution in [3.8, 4) is 5.75 Å². The van der Waals surface area contributed by atoms with Gasteiger partial charge in [0.05, 0.1) is 12.7 Å². The fraction of sp³-hybridized carbons (Fsp3) is 0.462. The Morgan fingerprint density at radius 3 is 2.65 bits per heavy atom. The van der Waals surface area contributed by atoms with Crippen LogP contribution in [-0.2, 0) is 9.47 Å². The van der Waals surface area contributed by atoms with E-state index in [0.717, 1.165) is 5.56 Å². The van der Waals surface area contributed by atoms with Crippen molar-refractivity contribution in [3.63, 3.8) is 0 Å². The monoisotopic (exact) mass is 238 g/mol. The van der Waals surface area contributed by atoms with E-state index in [1.807, 2.05) is 20.8 Å². The molecule has 17 heavy (non-hydrogen) atoms. The fourth-order valence-corrected chi connectivity index (χ4v) is 1.54. The highest BCUT2D eigenvalue weighted by Crippen LogP contribution is 2.33. The van der Waals surface area contributed by atoms with Crippen LogP contribution in [0.3, 0.4) is 0 Å². The average molecular weight is 238 g/mol. The van der Waals surface area contributed by atoms with Crippen LogP contribution in [0.25, 0.3) is 0 Å². The second kappa shape index (κ2) is 6.25. The first-order chi connectivity index (χ1) is 8.26. The smallest absolute Gasteiger partial charge is 0.341 e. The van der Waals surface area contributed by atoms with Gasteiger partial charge in [-0.3, -0.25) is 0 Å². The maximum absolute atomic E-state index is 11.5. The van der Waals surface area contributed by atoms with Gasteiger partial charge in [-0.05, 0) is 25.1 Å². The summed E-state index contributed by atoms with van der Waals surface area (Å²) >= 11 is 0. The molecule has 4 heteroatoms. The number of hydrogen-bond acceptors (Lipinski definition) is 4. The van der Waals surface area contributed by atoms with Gasteiger partial charge in [0.2, 0.25) is 6.29 Å². The summed E-state index contributed by atoms with van der Waals surface area (Å²) < 4.78 is 15.4. The molecule has 0 N–H and O–H groups in total. The number of esters is 1. The number of carbonyl (C=O) groups excluding carboxylic acids is 1. The highest BCUT2D eigenvalue weighted by Gasteiger charge is 2.31. The van der Waals surface area contributed by atoms with Gasteiger partial charge in [0.15, 0.2) is 0 Å². The van der Waals surface area contributed by atoms with Gasteiger partial charge in [-0.25, -0.2) is 4.79 Å². The molecule has 1 unspecified atom stereocenters. The van der Waals surface area contributed by atoms with Crippen molar-refractivity contribution < 1.29 is 19.0 Å². The summed E-state index contributed by atoms with van der Waals surface area (Å²) in [6.45, 7) is 6.36. The summed E-state index contributed by atoms with van der Waals surface area (Å²) in [5.74, 6) is 0.283. The Labute approximate surface area is 101 Å². The van der Waals surface area contributed by atoms with Gasteiger partial charge in [-0.15, -0.1) is 0 Å². The van der Waals surface area contributed by atoms with E-state index >= 15 is 0 Å². The molecule has 0 amide bonds. The quantitative estimate of drug-likeness (QED) is 0.759. The first-order valence-corrected chi connectivity index (χ1v) is 5.76. The molecule has 0 radical (unpaired) electrons. The molecule has 0 spiro atoms. The summed E-state index contributed by atoms with van der Waals surface area (Å²) in [4.78, 5) is 11.5. The molecule has 1 aliphatic heterocycles. The molecule has 2 rings (SSSR count). The Balaban J connectivity index is 0.000000686. The van der Waals surface area contributed by atoms with E-state index < -0.39 is 6.29 Å². The maximum atomic E-state index is 11.5. The van der Waals surface area contributed by atoms with Crippen LogP contribution in [0, 0.1) is 0 Å². The number of fused-ring (bicyclic) bond motifs is 1. The van der Waals surface area contributed by atoms with E-state index in [0.29, 0.717) is 17.9 Å². The zero-order chi connectivity index (χ0) is 12.8. The second-order valence-corrected chi connectivity index (χ2v) is 3.15. The maximum Gasteiger partial charge on any atom is 0.341 e. The van der Waals surface area contributed by atoms with Gasteiger partial charge >= 0.3 is 5.97 Å². The Bertz CT molecular complexity index is 387. The second-order valence-electron chi connectivity index (χ2n) is 3.15. The van der Waals surface area contributed by atoms with E-state index in [9.17, 15) is 4.79 Å². The topological polar surface area (TPSA) is 44.8 Å². The highest BCUT2D eigenvalue weighted by atomic mass is 16.7. The zero-order valence-electron chi connectivity index (χ0n) is 10.6. The van der Waals surface area contributed by atoms with Gasteiger partial charge < -0.3 is 14.2 Å². The van der Waals surface area contributed by atoms with Crippen molar-refractivity contribution in [3.05, 3.63) is 29.3 Å². The van der Waals surface area contributed by atoms with E-state index in [1.165, 1.54) is 0 Å². The van der Waals surface area contributed by atoms with E-state index in [1.54, 1.807) is 25.3 Å². The van der Waals surface area contributed by atoms with Crippen molar-refractivity contribution in [1.82, 2.24) is 0 Å². The molecule has 4 nitrogen and oxygen atoms in total. The normalized spacial score (nSPS) is 16.7. The van der Waals surface area contributed by atoms with Crippen LogP contribution in [0.2, 0.25) is 0 Å². The summed E-state index contributed by atoms with van der Waals surface area (Å²) in [5, 5.41) is 0. The number of carbonyl (C=O) groups is 1. The van der Waals surface area contributed by atoms with Crippen LogP contribution in [0.5, 0.6) is 5.75 Å². The Morgan fingerprint density at radius 2 is 2.06 bits per heavy atom. The molecule has 1 heterocycles. The molecule has 1 aromatic rings. The summed E-state index contributed by atoms with van der Waals surface area (Å²) in [6.07, 6.45) is -0.566. The summed E-state index contributed by atoms with van der Waals surface area (Å²) in [5.41, 5.74) is 1.29. The summed E-state index contributed by atoms with van der Waals surface area (Å²) in [7, 11) is 1.56. The molecule has 1 aromatic carbocycles. The minimum absolute atomic E-state index is 0.359. The van der Waals surface area contributed by atoms with Crippen molar-refractivity contribution in [1.29, 1.82) is 0 Å². The Kier molecular flexibility index (Phi) is 4.97. The predicted molar refractivity (Wildman–Crippen MR) is 64.1 cm³/mol. The first kappa shape index (κ1) is 13.5. The van der Waals surface area contributed by atoms with Crippen LogP contribution >= 0.6 is 0 Å². The third-order valence-electron chi connectivity index (χ3n) is 2.27. The first-order valence-electron chi connectivity index (χ1n) is 5.76. The number of rotatable bonds is 3. The van der Waals surface area contributed by atoms with Crippen molar-refractivity contribution in [2.75, 3.05) is 13.7 Å². The van der Waals surface area contributed by atoms with Crippen LogP contribution in [0.1, 0.15) is 43.0 Å². The lowest BCUT2D eigenvalue weighted by Crippen LogP contribution is -2.03. The lowest BCUT2D eigenvalue weighted by atomic mass is 10.1. The van der Waals surface area contributed by atoms with Crippen LogP contribution in [-0.4, -0.2) is 19.7 Å². The van der Waals surface area contributed by atoms with Crippen molar-refractivity contribution >= 4 is 5.97 Å².